The highest BCUT2D eigenvalue weighted by molar-refractivity contribution is 5.54. The van der Waals surface area contributed by atoms with Crippen LogP contribution in [0.4, 0.5) is 5.69 Å². The first-order valence-corrected chi connectivity index (χ1v) is 4.69. The van der Waals surface area contributed by atoms with E-state index in [0.29, 0.717) is 0 Å². The molecule has 2 N–H and O–H groups in total. The van der Waals surface area contributed by atoms with Crippen LogP contribution in [0.1, 0.15) is 12.5 Å². The van der Waals surface area contributed by atoms with E-state index in [0.717, 1.165) is 17.0 Å². The van der Waals surface area contributed by atoms with Crippen molar-refractivity contribution in [3.8, 4) is 5.75 Å². The number of hydrogen-bond donors (Lipinski definition) is 2. The van der Waals surface area contributed by atoms with Gasteiger partial charge in [0, 0.05) is 11.7 Å². The lowest BCUT2D eigenvalue weighted by Crippen LogP contribution is -2.19. The number of hydrogen-bond acceptors (Lipinski definition) is 3. The Balaban J connectivity index is 2.78. The van der Waals surface area contributed by atoms with Crippen molar-refractivity contribution < 1.29 is 9.84 Å². The number of aliphatic hydroxyl groups is 1. The van der Waals surface area contributed by atoms with Gasteiger partial charge < -0.3 is 15.2 Å². The Morgan fingerprint density at radius 2 is 2.21 bits per heavy atom. The molecule has 0 radical (unpaired) electrons. The molecule has 0 aliphatic carbocycles. The molecular weight excluding hydrogens is 178 g/mol. The molecule has 0 aromatic heterocycles. The second-order valence-electron chi connectivity index (χ2n) is 3.41. The molecule has 0 fully saturated rings. The van der Waals surface area contributed by atoms with Crippen LogP contribution in [0.25, 0.3) is 0 Å². The fraction of sp³-hybridized carbons (Fsp3) is 0.455. The molecule has 1 atom stereocenters. The first-order valence-electron chi connectivity index (χ1n) is 4.69. The SMILES string of the molecule is COc1ccc(NC(C)CO)c(C)c1. The van der Waals surface area contributed by atoms with Gasteiger partial charge in [-0.3, -0.25) is 0 Å². The van der Waals surface area contributed by atoms with Gasteiger partial charge in [0.15, 0.2) is 0 Å². The molecule has 0 heterocycles. The van der Waals surface area contributed by atoms with Gasteiger partial charge in [-0.15, -0.1) is 0 Å². The number of ether oxygens (including phenoxy) is 1. The lowest BCUT2D eigenvalue weighted by molar-refractivity contribution is 0.281. The van der Waals surface area contributed by atoms with E-state index in [9.17, 15) is 0 Å². The number of aryl methyl sites for hydroxylation is 1. The van der Waals surface area contributed by atoms with Gasteiger partial charge in [0.25, 0.3) is 0 Å². The minimum atomic E-state index is 0.0714. The monoisotopic (exact) mass is 195 g/mol. The molecule has 0 spiro atoms. The average molecular weight is 195 g/mol. The largest absolute Gasteiger partial charge is 0.497 e. The number of benzene rings is 1. The summed E-state index contributed by atoms with van der Waals surface area (Å²) in [6, 6.07) is 5.90. The molecule has 0 aliphatic rings. The van der Waals surface area contributed by atoms with Crippen LogP contribution < -0.4 is 10.1 Å². The number of rotatable bonds is 4. The topological polar surface area (TPSA) is 41.5 Å². The first-order chi connectivity index (χ1) is 6.67. The van der Waals surface area contributed by atoms with Crippen molar-refractivity contribution in [2.45, 2.75) is 19.9 Å². The normalized spacial score (nSPS) is 12.3. The number of methoxy groups -OCH3 is 1. The maximum absolute atomic E-state index is 8.90. The Kier molecular flexibility index (Phi) is 3.77. The van der Waals surface area contributed by atoms with Gasteiger partial charge in [0.2, 0.25) is 0 Å². The van der Waals surface area contributed by atoms with Crippen molar-refractivity contribution in [2.24, 2.45) is 0 Å². The Bertz CT molecular complexity index is 299. The third-order valence-electron chi connectivity index (χ3n) is 2.11. The van der Waals surface area contributed by atoms with Crippen molar-refractivity contribution in [1.82, 2.24) is 0 Å². The minimum Gasteiger partial charge on any atom is -0.497 e. The summed E-state index contributed by atoms with van der Waals surface area (Å²) in [5.41, 5.74) is 2.15. The number of anilines is 1. The van der Waals surface area contributed by atoms with Crippen LogP contribution in [0.15, 0.2) is 18.2 Å². The van der Waals surface area contributed by atoms with Crippen LogP contribution >= 0.6 is 0 Å². The zero-order valence-electron chi connectivity index (χ0n) is 8.87. The predicted octanol–water partition coefficient (Wildman–Crippen LogP) is 1.80. The predicted molar refractivity (Wildman–Crippen MR) is 57.9 cm³/mol. The molecule has 1 aromatic carbocycles. The summed E-state index contributed by atoms with van der Waals surface area (Å²) in [6.07, 6.45) is 0. The summed E-state index contributed by atoms with van der Waals surface area (Å²) >= 11 is 0. The van der Waals surface area contributed by atoms with E-state index in [1.807, 2.05) is 32.0 Å². The molecule has 0 saturated carbocycles. The van der Waals surface area contributed by atoms with E-state index in [1.165, 1.54) is 0 Å². The molecular formula is C11H17NO2. The smallest absolute Gasteiger partial charge is 0.119 e. The van der Waals surface area contributed by atoms with Gasteiger partial charge in [-0.25, -0.2) is 0 Å². The lowest BCUT2D eigenvalue weighted by atomic mass is 10.1. The van der Waals surface area contributed by atoms with Gasteiger partial charge >= 0.3 is 0 Å². The van der Waals surface area contributed by atoms with E-state index in [2.05, 4.69) is 5.32 Å². The summed E-state index contributed by atoms with van der Waals surface area (Å²) in [7, 11) is 1.65. The van der Waals surface area contributed by atoms with Crippen LogP contribution in [0.5, 0.6) is 5.75 Å². The third-order valence-corrected chi connectivity index (χ3v) is 2.11. The molecule has 0 saturated heterocycles. The highest BCUT2D eigenvalue weighted by Gasteiger charge is 2.03. The van der Waals surface area contributed by atoms with E-state index in [-0.39, 0.29) is 12.6 Å². The van der Waals surface area contributed by atoms with Crippen LogP contribution in [0.3, 0.4) is 0 Å². The standard InChI is InChI=1S/C11H17NO2/c1-8-6-10(14-3)4-5-11(8)12-9(2)7-13/h4-6,9,12-13H,7H2,1-3H3. The fourth-order valence-corrected chi connectivity index (χ4v) is 1.24. The van der Waals surface area contributed by atoms with Gasteiger partial charge in [-0.2, -0.15) is 0 Å². The molecule has 0 bridgehead atoms. The molecule has 14 heavy (non-hydrogen) atoms. The molecule has 0 amide bonds. The number of nitrogens with one attached hydrogen (secondary N) is 1. The van der Waals surface area contributed by atoms with E-state index in [4.69, 9.17) is 9.84 Å². The van der Waals surface area contributed by atoms with Crippen molar-refractivity contribution in [3.05, 3.63) is 23.8 Å². The summed E-state index contributed by atoms with van der Waals surface area (Å²) in [4.78, 5) is 0. The van der Waals surface area contributed by atoms with Crippen molar-refractivity contribution in [2.75, 3.05) is 19.0 Å². The van der Waals surface area contributed by atoms with Crippen molar-refractivity contribution >= 4 is 5.69 Å². The Labute approximate surface area is 84.7 Å². The second kappa shape index (κ2) is 4.86. The Hall–Kier alpha value is -1.22. The highest BCUT2D eigenvalue weighted by Crippen LogP contribution is 2.21. The van der Waals surface area contributed by atoms with Gasteiger partial charge in [0.05, 0.1) is 13.7 Å². The molecule has 3 nitrogen and oxygen atoms in total. The summed E-state index contributed by atoms with van der Waals surface area (Å²) < 4.78 is 5.10. The fourth-order valence-electron chi connectivity index (χ4n) is 1.24. The van der Waals surface area contributed by atoms with Crippen molar-refractivity contribution in [3.63, 3.8) is 0 Å². The minimum absolute atomic E-state index is 0.0714. The van der Waals surface area contributed by atoms with E-state index >= 15 is 0 Å². The van der Waals surface area contributed by atoms with Gasteiger partial charge in [0.1, 0.15) is 5.75 Å². The Morgan fingerprint density at radius 3 is 2.71 bits per heavy atom. The summed E-state index contributed by atoms with van der Waals surface area (Å²) in [5, 5.41) is 12.1. The van der Waals surface area contributed by atoms with E-state index < -0.39 is 0 Å². The second-order valence-corrected chi connectivity index (χ2v) is 3.41. The third kappa shape index (κ3) is 2.64. The van der Waals surface area contributed by atoms with Gasteiger partial charge in [-0.1, -0.05) is 0 Å². The van der Waals surface area contributed by atoms with E-state index in [1.54, 1.807) is 7.11 Å². The van der Waals surface area contributed by atoms with Crippen LogP contribution in [-0.4, -0.2) is 24.9 Å². The lowest BCUT2D eigenvalue weighted by Gasteiger charge is -2.15. The number of aliphatic hydroxyl groups excluding tert-OH is 1. The quantitative estimate of drug-likeness (QED) is 0.769. The first kappa shape index (κ1) is 10.9. The molecule has 1 unspecified atom stereocenters. The maximum atomic E-state index is 8.90. The van der Waals surface area contributed by atoms with Crippen LogP contribution in [-0.2, 0) is 0 Å². The zero-order valence-corrected chi connectivity index (χ0v) is 8.87. The summed E-state index contributed by atoms with van der Waals surface area (Å²) in [5.74, 6) is 0.852. The van der Waals surface area contributed by atoms with Crippen LogP contribution in [0, 0.1) is 6.92 Å². The molecule has 3 heteroatoms. The molecule has 1 aromatic rings. The summed E-state index contributed by atoms with van der Waals surface area (Å²) in [6.45, 7) is 4.07. The Morgan fingerprint density at radius 1 is 1.50 bits per heavy atom. The van der Waals surface area contributed by atoms with Crippen molar-refractivity contribution in [1.29, 1.82) is 0 Å². The molecule has 78 valence electrons. The van der Waals surface area contributed by atoms with Gasteiger partial charge in [-0.05, 0) is 37.6 Å². The average Bonchev–Trinajstić information content (AvgIpc) is 2.20. The zero-order chi connectivity index (χ0) is 10.6. The maximum Gasteiger partial charge on any atom is 0.119 e. The van der Waals surface area contributed by atoms with Crippen LogP contribution in [0.2, 0.25) is 0 Å². The molecule has 1 rings (SSSR count). The highest BCUT2D eigenvalue weighted by atomic mass is 16.5. The molecule has 0 aliphatic heterocycles.